The van der Waals surface area contributed by atoms with E-state index in [-0.39, 0.29) is 43.0 Å². The van der Waals surface area contributed by atoms with E-state index in [9.17, 15) is 14.7 Å². The average molecular weight is 538 g/mol. The molecule has 2 aromatic rings. The molecule has 1 spiro atoms. The van der Waals surface area contributed by atoms with Gasteiger partial charge in [-0.05, 0) is 58.1 Å². The fraction of sp³-hybridized carbons (Fsp3) is 0.567. The molecule has 1 atom stereocenters. The van der Waals surface area contributed by atoms with Crippen LogP contribution in [0.5, 0.6) is 5.75 Å². The van der Waals surface area contributed by atoms with E-state index in [1.165, 1.54) is 0 Å². The van der Waals surface area contributed by atoms with E-state index >= 15 is 0 Å². The summed E-state index contributed by atoms with van der Waals surface area (Å²) in [6.45, 7) is 7.77. The quantitative estimate of drug-likeness (QED) is 0.538. The molecule has 1 unspecified atom stereocenters. The van der Waals surface area contributed by atoms with Crippen molar-refractivity contribution in [1.29, 1.82) is 0 Å². The zero-order valence-electron chi connectivity index (χ0n) is 23.1. The Morgan fingerprint density at radius 2 is 1.85 bits per heavy atom. The molecule has 0 bridgehead atoms. The Morgan fingerprint density at radius 3 is 2.54 bits per heavy atom. The number of aromatic nitrogens is 1. The van der Waals surface area contributed by atoms with Crippen LogP contribution >= 0.6 is 0 Å². The molecule has 210 valence electrons. The van der Waals surface area contributed by atoms with E-state index < -0.39 is 5.60 Å². The number of rotatable bonds is 7. The van der Waals surface area contributed by atoms with E-state index in [0.717, 1.165) is 35.4 Å². The molecule has 2 amide bonds. The molecule has 2 fully saturated rings. The minimum absolute atomic E-state index is 0.0365. The number of amides is 2. The first kappa shape index (κ1) is 27.2. The Hall–Kier alpha value is -3.33. The molecule has 1 aromatic carbocycles. The van der Waals surface area contributed by atoms with Crippen LogP contribution in [0.15, 0.2) is 42.6 Å². The van der Waals surface area contributed by atoms with Crippen LogP contribution < -0.4 is 4.74 Å². The van der Waals surface area contributed by atoms with Crippen LogP contribution in [0.2, 0.25) is 0 Å². The van der Waals surface area contributed by atoms with Gasteiger partial charge in [0, 0.05) is 49.8 Å². The Labute approximate surface area is 230 Å². The van der Waals surface area contributed by atoms with Crippen LogP contribution in [0.25, 0.3) is 0 Å². The van der Waals surface area contributed by atoms with Crippen molar-refractivity contribution < 1.29 is 28.9 Å². The minimum atomic E-state index is -0.599. The number of aliphatic hydroxyl groups excluding tert-OH is 1. The Kier molecular flexibility index (Phi) is 7.71. The van der Waals surface area contributed by atoms with Gasteiger partial charge in [-0.25, -0.2) is 9.59 Å². The maximum atomic E-state index is 13.1. The number of ether oxygens (including phenoxy) is 3. The lowest BCUT2D eigenvalue weighted by molar-refractivity contribution is -0.111. The number of hydrogen-bond acceptors (Lipinski definition) is 7. The van der Waals surface area contributed by atoms with Crippen molar-refractivity contribution in [2.45, 2.75) is 77.2 Å². The fourth-order valence-corrected chi connectivity index (χ4v) is 5.95. The highest BCUT2D eigenvalue weighted by atomic mass is 16.6. The number of pyridine rings is 1. The summed E-state index contributed by atoms with van der Waals surface area (Å²) in [4.78, 5) is 33.7. The van der Waals surface area contributed by atoms with E-state index in [2.05, 4.69) is 4.98 Å². The van der Waals surface area contributed by atoms with Crippen LogP contribution in [0.3, 0.4) is 0 Å². The number of benzene rings is 1. The topological polar surface area (TPSA) is 101 Å². The van der Waals surface area contributed by atoms with Crippen molar-refractivity contribution in [2.75, 3.05) is 26.2 Å². The lowest BCUT2D eigenvalue weighted by atomic mass is 9.62. The van der Waals surface area contributed by atoms with Crippen LogP contribution in [0, 0.1) is 5.41 Å². The molecule has 3 aliphatic rings. The summed E-state index contributed by atoms with van der Waals surface area (Å²) in [6, 6.07) is 11.3. The van der Waals surface area contributed by atoms with Crippen molar-refractivity contribution in [3.8, 4) is 5.75 Å². The van der Waals surface area contributed by atoms with Gasteiger partial charge in [0.1, 0.15) is 24.1 Å². The highest BCUT2D eigenvalue weighted by Gasteiger charge is 2.55. The maximum absolute atomic E-state index is 13.1. The summed E-state index contributed by atoms with van der Waals surface area (Å²) in [5, 5.41) is 9.54. The van der Waals surface area contributed by atoms with E-state index in [0.29, 0.717) is 38.9 Å². The molecule has 9 heteroatoms. The van der Waals surface area contributed by atoms with Crippen molar-refractivity contribution in [2.24, 2.45) is 5.41 Å². The van der Waals surface area contributed by atoms with E-state index in [1.54, 1.807) is 16.0 Å². The van der Waals surface area contributed by atoms with Crippen LogP contribution in [0.1, 0.15) is 69.3 Å². The van der Waals surface area contributed by atoms with Crippen LogP contribution in [-0.2, 0) is 22.5 Å². The van der Waals surface area contributed by atoms with Crippen LogP contribution in [0.4, 0.5) is 9.59 Å². The fourth-order valence-electron chi connectivity index (χ4n) is 5.95. The molecule has 5 rings (SSSR count). The number of fused-ring (bicyclic) bond motifs is 1. The Morgan fingerprint density at radius 1 is 1.10 bits per heavy atom. The molecule has 1 N–H and O–H groups in total. The summed E-state index contributed by atoms with van der Waals surface area (Å²) in [6.07, 6.45) is 4.67. The summed E-state index contributed by atoms with van der Waals surface area (Å²) >= 11 is 0. The predicted molar refractivity (Wildman–Crippen MR) is 144 cm³/mol. The van der Waals surface area contributed by atoms with Gasteiger partial charge in [0.25, 0.3) is 0 Å². The first-order chi connectivity index (χ1) is 18.7. The van der Waals surface area contributed by atoms with Crippen molar-refractivity contribution in [1.82, 2.24) is 14.8 Å². The van der Waals surface area contributed by atoms with Gasteiger partial charge >= 0.3 is 12.2 Å². The molecule has 1 aliphatic carbocycles. The van der Waals surface area contributed by atoms with Gasteiger partial charge < -0.3 is 29.1 Å². The highest BCUT2D eigenvalue weighted by Crippen LogP contribution is 2.51. The molecule has 3 heterocycles. The molecule has 39 heavy (non-hydrogen) atoms. The molecule has 9 nitrogen and oxygen atoms in total. The SMILES string of the molecule is CC(C)(C)OC(=O)N1CCc2nccc(OC3CC4(C3)CN(C(=O)OCc3ccccc3)C4)c2C1CCCO. The standard InChI is InChI=1S/C30H39N3O6/c1-29(2,3)39-28(36)33-14-12-23-26(24(33)10-7-15-34)25(11-13-31-23)38-22-16-30(17-22)19-32(20-30)27(35)37-18-21-8-5-4-6-9-21/h4-6,8-9,11,13,22,24,34H,7,10,12,14-20H2,1-3H3. The molecular weight excluding hydrogens is 498 g/mol. The first-order valence-corrected chi connectivity index (χ1v) is 13.9. The molecule has 1 saturated heterocycles. The number of aliphatic hydroxyl groups is 1. The monoisotopic (exact) mass is 537 g/mol. The lowest BCUT2D eigenvalue weighted by Gasteiger charge is -2.57. The first-order valence-electron chi connectivity index (χ1n) is 13.9. The average Bonchev–Trinajstić information content (AvgIpc) is 2.85. The third-order valence-electron chi connectivity index (χ3n) is 7.73. The molecule has 2 aliphatic heterocycles. The molecule has 1 aromatic heterocycles. The van der Waals surface area contributed by atoms with Gasteiger partial charge in [-0.15, -0.1) is 0 Å². The van der Waals surface area contributed by atoms with Gasteiger partial charge in [-0.1, -0.05) is 30.3 Å². The number of carbonyl (C=O) groups is 2. The van der Waals surface area contributed by atoms with E-state index in [1.807, 2.05) is 57.2 Å². The van der Waals surface area contributed by atoms with Gasteiger partial charge in [0.2, 0.25) is 0 Å². The second-order valence-electron chi connectivity index (χ2n) is 12.0. The number of nitrogens with zero attached hydrogens (tertiary/aromatic N) is 3. The third kappa shape index (κ3) is 6.13. The third-order valence-corrected chi connectivity index (χ3v) is 7.73. The summed E-state index contributed by atoms with van der Waals surface area (Å²) < 4.78 is 17.7. The zero-order valence-corrected chi connectivity index (χ0v) is 23.1. The number of likely N-dealkylation sites (tertiary alicyclic amines) is 1. The largest absolute Gasteiger partial charge is 0.490 e. The second kappa shape index (κ2) is 11.0. The maximum Gasteiger partial charge on any atom is 0.410 e. The van der Waals surface area contributed by atoms with E-state index in [4.69, 9.17) is 14.2 Å². The van der Waals surface area contributed by atoms with Gasteiger partial charge in [0.05, 0.1) is 11.7 Å². The molecular formula is C30H39N3O6. The summed E-state index contributed by atoms with van der Waals surface area (Å²) in [5.41, 5.74) is 2.31. The zero-order chi connectivity index (χ0) is 27.6. The minimum Gasteiger partial charge on any atom is -0.490 e. The van der Waals surface area contributed by atoms with Gasteiger partial charge in [-0.3, -0.25) is 4.98 Å². The normalized spacial score (nSPS) is 20.1. The van der Waals surface area contributed by atoms with Gasteiger partial charge in [0.15, 0.2) is 0 Å². The van der Waals surface area contributed by atoms with Crippen LogP contribution in [-0.4, -0.2) is 70.0 Å². The van der Waals surface area contributed by atoms with Crippen molar-refractivity contribution in [3.63, 3.8) is 0 Å². The smallest absolute Gasteiger partial charge is 0.410 e. The van der Waals surface area contributed by atoms with Crippen molar-refractivity contribution in [3.05, 3.63) is 59.4 Å². The molecule has 0 radical (unpaired) electrons. The summed E-state index contributed by atoms with van der Waals surface area (Å²) in [7, 11) is 0. The van der Waals surface area contributed by atoms with Crippen molar-refractivity contribution >= 4 is 12.2 Å². The van der Waals surface area contributed by atoms with Gasteiger partial charge in [-0.2, -0.15) is 0 Å². The number of hydrogen-bond donors (Lipinski definition) is 1. The lowest BCUT2D eigenvalue weighted by Crippen LogP contribution is -2.65. The Balaban J connectivity index is 1.19. The highest BCUT2D eigenvalue weighted by molar-refractivity contribution is 5.70. The predicted octanol–water partition coefficient (Wildman–Crippen LogP) is 4.87. The molecule has 1 saturated carbocycles. The number of carbonyl (C=O) groups excluding carboxylic acids is 2. The Bertz CT molecular complexity index is 1170. The second-order valence-corrected chi connectivity index (χ2v) is 12.0. The summed E-state index contributed by atoms with van der Waals surface area (Å²) in [5.74, 6) is 0.745.